The Balaban J connectivity index is 2.34. The molecule has 1 aliphatic rings. The summed E-state index contributed by atoms with van der Waals surface area (Å²) in [6, 6.07) is 0. The van der Waals surface area contributed by atoms with Crippen LogP contribution in [0.1, 0.15) is 26.7 Å². The Labute approximate surface area is 98.6 Å². The minimum Gasteiger partial charge on any atom is -0.315 e. The van der Waals surface area contributed by atoms with Gasteiger partial charge in [0.2, 0.25) is 0 Å². The lowest BCUT2D eigenvalue weighted by molar-refractivity contribution is 0.684. The van der Waals surface area contributed by atoms with Crippen LogP contribution in [0.15, 0.2) is 9.98 Å². The molecule has 1 rings (SSSR count). The van der Waals surface area contributed by atoms with Gasteiger partial charge in [0.15, 0.2) is 0 Å². The van der Waals surface area contributed by atoms with Crippen LogP contribution in [-0.2, 0) is 0 Å². The van der Waals surface area contributed by atoms with E-state index in [1.165, 1.54) is 11.4 Å². The van der Waals surface area contributed by atoms with Gasteiger partial charge in [-0.25, -0.2) is 0 Å². The third-order valence-electron chi connectivity index (χ3n) is 2.67. The SMILES string of the molecule is CC1=NCCNCCC(C)=NCCNCC1. The van der Waals surface area contributed by atoms with E-state index in [2.05, 4.69) is 34.5 Å². The van der Waals surface area contributed by atoms with Crippen molar-refractivity contribution in [1.82, 2.24) is 10.6 Å². The van der Waals surface area contributed by atoms with Crippen LogP contribution in [0.3, 0.4) is 0 Å². The van der Waals surface area contributed by atoms with Crippen LogP contribution < -0.4 is 10.6 Å². The molecule has 0 amide bonds. The summed E-state index contributed by atoms with van der Waals surface area (Å²) in [7, 11) is 0. The molecule has 0 aromatic rings. The van der Waals surface area contributed by atoms with Gasteiger partial charge in [-0.15, -0.1) is 0 Å². The van der Waals surface area contributed by atoms with Crippen LogP contribution >= 0.6 is 0 Å². The van der Waals surface area contributed by atoms with Crippen molar-refractivity contribution in [3.8, 4) is 0 Å². The third-order valence-corrected chi connectivity index (χ3v) is 2.67. The highest BCUT2D eigenvalue weighted by atomic mass is 14.9. The lowest BCUT2D eigenvalue weighted by atomic mass is 10.3. The minimum absolute atomic E-state index is 0.891. The molecule has 0 radical (unpaired) electrons. The van der Waals surface area contributed by atoms with Crippen LogP contribution in [0.25, 0.3) is 0 Å². The first kappa shape index (κ1) is 13.3. The topological polar surface area (TPSA) is 48.8 Å². The molecule has 4 nitrogen and oxygen atoms in total. The summed E-state index contributed by atoms with van der Waals surface area (Å²) in [6.07, 6.45) is 2.09. The number of rotatable bonds is 0. The average molecular weight is 224 g/mol. The van der Waals surface area contributed by atoms with E-state index in [0.717, 1.165) is 52.1 Å². The zero-order chi connectivity index (χ0) is 11.6. The molecule has 0 aromatic carbocycles. The van der Waals surface area contributed by atoms with Crippen LogP contribution in [0.4, 0.5) is 0 Å². The molecule has 0 aliphatic carbocycles. The second-order valence-electron chi connectivity index (χ2n) is 4.23. The van der Waals surface area contributed by atoms with Crippen molar-refractivity contribution < 1.29 is 0 Å². The average Bonchev–Trinajstić information content (AvgIpc) is 2.27. The van der Waals surface area contributed by atoms with Crippen molar-refractivity contribution in [2.45, 2.75) is 26.7 Å². The first-order valence-electron chi connectivity index (χ1n) is 6.20. The molecule has 16 heavy (non-hydrogen) atoms. The maximum Gasteiger partial charge on any atom is 0.0513 e. The van der Waals surface area contributed by atoms with Gasteiger partial charge >= 0.3 is 0 Å². The molecule has 0 atom stereocenters. The molecular weight excluding hydrogens is 200 g/mol. The van der Waals surface area contributed by atoms with Crippen molar-refractivity contribution in [2.24, 2.45) is 9.98 Å². The Morgan fingerprint density at radius 3 is 1.62 bits per heavy atom. The van der Waals surface area contributed by atoms with Crippen molar-refractivity contribution in [1.29, 1.82) is 0 Å². The van der Waals surface area contributed by atoms with Gasteiger partial charge in [0.25, 0.3) is 0 Å². The smallest absolute Gasteiger partial charge is 0.0513 e. The van der Waals surface area contributed by atoms with Crippen molar-refractivity contribution in [3.63, 3.8) is 0 Å². The van der Waals surface area contributed by atoms with Gasteiger partial charge in [-0.1, -0.05) is 0 Å². The maximum atomic E-state index is 4.51. The van der Waals surface area contributed by atoms with Gasteiger partial charge in [-0.05, 0) is 26.7 Å². The predicted octanol–water partition coefficient (Wildman–Crippen LogP) is 0.881. The summed E-state index contributed by atoms with van der Waals surface area (Å²) in [4.78, 5) is 9.03. The molecule has 0 saturated heterocycles. The number of aliphatic imine (C=N–C) groups is 2. The Kier molecular flexibility index (Phi) is 7.01. The lowest BCUT2D eigenvalue weighted by Crippen LogP contribution is -2.24. The fraction of sp³-hybridized carbons (Fsp3) is 0.833. The molecular formula is C12H24N4. The maximum absolute atomic E-state index is 4.51. The van der Waals surface area contributed by atoms with Crippen molar-refractivity contribution in [2.75, 3.05) is 39.3 Å². The standard InChI is InChI=1S/C12H24N4/c1-11-3-5-13-8-10-16-12(2)4-6-14-7-9-15-11/h13-14H,3-10H2,1-2H3. The first-order valence-corrected chi connectivity index (χ1v) is 6.20. The zero-order valence-corrected chi connectivity index (χ0v) is 10.6. The fourth-order valence-electron chi connectivity index (χ4n) is 1.60. The van der Waals surface area contributed by atoms with Crippen LogP contribution in [0.5, 0.6) is 0 Å². The summed E-state index contributed by atoms with van der Waals surface area (Å²) >= 11 is 0. The minimum atomic E-state index is 0.891. The van der Waals surface area contributed by atoms with Gasteiger partial charge in [0.05, 0.1) is 13.1 Å². The molecule has 1 heterocycles. The van der Waals surface area contributed by atoms with E-state index in [4.69, 9.17) is 0 Å². The summed E-state index contributed by atoms with van der Waals surface area (Å²) in [5.41, 5.74) is 2.48. The Morgan fingerprint density at radius 2 is 1.19 bits per heavy atom. The molecule has 2 N–H and O–H groups in total. The molecule has 4 heteroatoms. The van der Waals surface area contributed by atoms with E-state index in [0.29, 0.717) is 0 Å². The van der Waals surface area contributed by atoms with E-state index in [-0.39, 0.29) is 0 Å². The van der Waals surface area contributed by atoms with Gasteiger partial charge in [-0.3, -0.25) is 9.98 Å². The highest BCUT2D eigenvalue weighted by molar-refractivity contribution is 5.82. The summed E-state index contributed by atoms with van der Waals surface area (Å²) in [5, 5.41) is 6.77. The molecule has 0 fully saturated rings. The van der Waals surface area contributed by atoms with Gasteiger partial charge in [0.1, 0.15) is 0 Å². The Morgan fingerprint density at radius 1 is 0.750 bits per heavy atom. The predicted molar refractivity (Wildman–Crippen MR) is 70.9 cm³/mol. The number of hydrogen-bond acceptors (Lipinski definition) is 4. The largest absolute Gasteiger partial charge is 0.315 e. The first-order chi connectivity index (χ1) is 7.79. The van der Waals surface area contributed by atoms with Gasteiger partial charge in [-0.2, -0.15) is 0 Å². The fourth-order valence-corrected chi connectivity index (χ4v) is 1.60. The quantitative estimate of drug-likeness (QED) is 0.642. The highest BCUT2D eigenvalue weighted by Gasteiger charge is 1.95. The van der Waals surface area contributed by atoms with Crippen molar-refractivity contribution in [3.05, 3.63) is 0 Å². The second kappa shape index (κ2) is 8.42. The molecule has 1 aliphatic heterocycles. The van der Waals surface area contributed by atoms with Gasteiger partial charge in [0, 0.05) is 37.6 Å². The molecule has 0 bridgehead atoms. The highest BCUT2D eigenvalue weighted by Crippen LogP contribution is 1.88. The molecule has 0 spiro atoms. The number of hydrogen-bond donors (Lipinski definition) is 2. The van der Waals surface area contributed by atoms with Gasteiger partial charge < -0.3 is 10.6 Å². The van der Waals surface area contributed by atoms with Crippen LogP contribution in [0.2, 0.25) is 0 Å². The van der Waals surface area contributed by atoms with E-state index in [9.17, 15) is 0 Å². The monoisotopic (exact) mass is 224 g/mol. The lowest BCUT2D eigenvalue weighted by Gasteiger charge is -2.07. The van der Waals surface area contributed by atoms with E-state index in [1.807, 2.05) is 0 Å². The molecule has 0 aromatic heterocycles. The zero-order valence-electron chi connectivity index (χ0n) is 10.6. The Hall–Kier alpha value is -0.740. The van der Waals surface area contributed by atoms with Crippen molar-refractivity contribution >= 4 is 11.4 Å². The number of nitrogens with zero attached hydrogens (tertiary/aromatic N) is 2. The normalized spacial score (nSPS) is 21.9. The van der Waals surface area contributed by atoms with E-state index >= 15 is 0 Å². The Bertz CT molecular complexity index is 219. The number of nitrogens with one attached hydrogen (secondary N) is 2. The second-order valence-corrected chi connectivity index (χ2v) is 4.23. The van der Waals surface area contributed by atoms with Crippen LogP contribution in [0, 0.1) is 0 Å². The van der Waals surface area contributed by atoms with Crippen LogP contribution in [-0.4, -0.2) is 50.7 Å². The summed E-state index contributed by atoms with van der Waals surface area (Å²) < 4.78 is 0. The molecule has 0 saturated carbocycles. The molecule has 0 unspecified atom stereocenters. The van der Waals surface area contributed by atoms with E-state index in [1.54, 1.807) is 0 Å². The molecule has 92 valence electrons. The summed E-state index contributed by atoms with van der Waals surface area (Å²) in [6.45, 7) is 9.96. The third kappa shape index (κ3) is 6.69. The van der Waals surface area contributed by atoms with E-state index < -0.39 is 0 Å². The summed E-state index contributed by atoms with van der Waals surface area (Å²) in [5.74, 6) is 0.